The Morgan fingerprint density at radius 1 is 1.30 bits per heavy atom. The van der Waals surface area contributed by atoms with Gasteiger partial charge in [0.2, 0.25) is 5.78 Å². The molecule has 3 rings (SSSR count). The van der Waals surface area contributed by atoms with Gasteiger partial charge in [-0.15, -0.1) is 0 Å². The molecule has 7 heteroatoms. The van der Waals surface area contributed by atoms with Gasteiger partial charge < -0.3 is 9.67 Å². The summed E-state index contributed by atoms with van der Waals surface area (Å²) in [4.78, 5) is 24.6. The molecule has 2 aromatic rings. The molecular formula is C16H12BrNO4S. The van der Waals surface area contributed by atoms with Gasteiger partial charge in [-0.3, -0.25) is 9.59 Å². The first kappa shape index (κ1) is 15.9. The second kappa shape index (κ2) is 5.90. The lowest BCUT2D eigenvalue weighted by atomic mass is 10.0. The van der Waals surface area contributed by atoms with Gasteiger partial charge in [-0.25, -0.2) is 4.21 Å². The molecule has 1 aliphatic rings. The van der Waals surface area contributed by atoms with Gasteiger partial charge in [0.05, 0.1) is 28.4 Å². The summed E-state index contributed by atoms with van der Waals surface area (Å²) in [5.74, 6) is -2.20. The maximum absolute atomic E-state index is 12.8. The molecular weight excluding hydrogens is 382 g/mol. The van der Waals surface area contributed by atoms with Crippen LogP contribution in [0.2, 0.25) is 0 Å². The molecule has 0 saturated carbocycles. The first-order valence-corrected chi connectivity index (χ1v) is 8.36. The number of hydrogen-bond acceptors (Lipinski definition) is 3. The van der Waals surface area contributed by atoms with Crippen LogP contribution >= 0.6 is 15.9 Å². The third kappa shape index (κ3) is 2.60. The van der Waals surface area contributed by atoms with E-state index in [9.17, 15) is 18.9 Å². The number of rotatable bonds is 3. The molecule has 5 nitrogen and oxygen atoms in total. The topological polar surface area (TPSA) is 76.4 Å². The third-order valence-corrected chi connectivity index (χ3v) is 5.03. The van der Waals surface area contributed by atoms with Crippen molar-refractivity contribution in [1.29, 1.82) is 0 Å². The Balaban J connectivity index is 2.12. The molecule has 1 aromatic carbocycles. The van der Waals surface area contributed by atoms with Crippen molar-refractivity contribution < 1.29 is 18.9 Å². The quantitative estimate of drug-likeness (QED) is 0.641. The van der Waals surface area contributed by atoms with Gasteiger partial charge >= 0.3 is 5.97 Å². The molecule has 0 amide bonds. The zero-order valence-corrected chi connectivity index (χ0v) is 14.5. The first-order valence-electron chi connectivity index (χ1n) is 6.82. The monoisotopic (exact) mass is 393 g/mol. The van der Waals surface area contributed by atoms with E-state index in [-0.39, 0.29) is 23.6 Å². The van der Waals surface area contributed by atoms with Gasteiger partial charge in [0.15, 0.2) is 0 Å². The molecule has 118 valence electrons. The van der Waals surface area contributed by atoms with Crippen molar-refractivity contribution in [1.82, 2.24) is 4.57 Å². The van der Waals surface area contributed by atoms with E-state index >= 15 is 0 Å². The highest BCUT2D eigenvalue weighted by atomic mass is 79.9. The number of halogens is 1. The molecule has 0 fully saturated rings. The van der Waals surface area contributed by atoms with E-state index < -0.39 is 11.9 Å². The fraction of sp³-hybridized carbons (Fsp3) is 0.188. The van der Waals surface area contributed by atoms with E-state index in [4.69, 9.17) is 0 Å². The number of carboxylic acids is 1. The van der Waals surface area contributed by atoms with E-state index in [2.05, 4.69) is 15.9 Å². The van der Waals surface area contributed by atoms with Crippen molar-refractivity contribution in [3.05, 3.63) is 57.3 Å². The van der Waals surface area contributed by atoms with Gasteiger partial charge in [-0.05, 0) is 42.8 Å². The van der Waals surface area contributed by atoms with Crippen LogP contribution < -0.4 is 0 Å². The van der Waals surface area contributed by atoms with E-state index in [1.54, 1.807) is 41.8 Å². The molecule has 23 heavy (non-hydrogen) atoms. The van der Waals surface area contributed by atoms with E-state index in [1.807, 2.05) is 0 Å². The Bertz CT molecular complexity index is 878. The number of ketones is 1. The Kier molecular flexibility index (Phi) is 4.08. The van der Waals surface area contributed by atoms with Crippen LogP contribution in [-0.4, -0.2) is 30.5 Å². The predicted octanol–water partition coefficient (Wildman–Crippen LogP) is 2.36. The van der Waals surface area contributed by atoms with Gasteiger partial charge in [0, 0.05) is 15.7 Å². The normalized spacial score (nSPS) is 16.3. The number of aliphatic carboxylic acids is 1. The number of carbonyl (C=O) groups excluding carboxylic acids is 1. The van der Waals surface area contributed by atoms with Gasteiger partial charge in [0.1, 0.15) is 5.92 Å². The van der Waals surface area contributed by atoms with Crippen LogP contribution in [0.25, 0.3) is 0 Å². The van der Waals surface area contributed by atoms with Crippen molar-refractivity contribution in [2.75, 3.05) is 0 Å². The summed E-state index contributed by atoms with van der Waals surface area (Å²) in [6, 6.07) is 8.67. The smallest absolute Gasteiger partial charge is 0.317 e. The maximum Gasteiger partial charge on any atom is 0.317 e. The van der Waals surface area contributed by atoms with Crippen LogP contribution in [0.3, 0.4) is 0 Å². The Morgan fingerprint density at radius 3 is 2.52 bits per heavy atom. The number of benzene rings is 1. The van der Waals surface area contributed by atoms with Crippen LogP contribution in [0.15, 0.2) is 34.8 Å². The van der Waals surface area contributed by atoms with E-state index in [0.717, 1.165) is 4.47 Å². The molecule has 0 bridgehead atoms. The number of nitrogens with zero attached hydrogens (tertiary/aromatic N) is 1. The van der Waals surface area contributed by atoms with Crippen molar-refractivity contribution >= 4 is 43.8 Å². The number of fused-ring (bicyclic) bond motifs is 1. The summed E-state index contributed by atoms with van der Waals surface area (Å²) < 4.78 is 13.7. The minimum atomic E-state index is -1.07. The average molecular weight is 394 g/mol. The number of aromatic nitrogens is 1. The van der Waals surface area contributed by atoms with Crippen molar-refractivity contribution in [3.8, 4) is 0 Å². The highest BCUT2D eigenvalue weighted by Gasteiger charge is 2.38. The molecule has 1 N–H and O–H groups in total. The molecule has 0 radical (unpaired) electrons. The summed E-state index contributed by atoms with van der Waals surface area (Å²) >= 11 is 3.53. The minimum Gasteiger partial charge on any atom is -0.480 e. The molecule has 0 spiro atoms. The van der Waals surface area contributed by atoms with Crippen LogP contribution in [-0.2, 0) is 22.6 Å². The van der Waals surface area contributed by atoms with E-state index in [1.165, 1.54) is 0 Å². The maximum atomic E-state index is 12.8. The summed E-state index contributed by atoms with van der Waals surface area (Å²) in [5, 5.41) is 9.37. The summed E-state index contributed by atoms with van der Waals surface area (Å²) in [6.07, 6.45) is 0. The Hall–Kier alpha value is -1.99. The van der Waals surface area contributed by atoms with Crippen LogP contribution in [0.5, 0.6) is 0 Å². The predicted molar refractivity (Wildman–Crippen MR) is 90.3 cm³/mol. The zero-order valence-electron chi connectivity index (χ0n) is 12.1. The largest absolute Gasteiger partial charge is 0.480 e. The molecule has 2 heterocycles. The summed E-state index contributed by atoms with van der Waals surface area (Å²) in [5.41, 5.74) is 2.17. The fourth-order valence-corrected chi connectivity index (χ4v) is 3.67. The second-order valence-corrected chi connectivity index (χ2v) is 6.95. The lowest BCUT2D eigenvalue weighted by Gasteiger charge is -2.07. The fourth-order valence-electron chi connectivity index (χ4n) is 2.91. The SMILES string of the molecule is Cc1cc2n(c1C(=O)c1ccc(Br)cc1)CC(=S=O)C2C(=O)O. The highest BCUT2D eigenvalue weighted by Crippen LogP contribution is 2.32. The lowest BCUT2D eigenvalue weighted by Crippen LogP contribution is -2.17. The van der Waals surface area contributed by atoms with E-state index in [0.29, 0.717) is 27.4 Å². The van der Waals surface area contributed by atoms with Crippen LogP contribution in [0, 0.1) is 6.92 Å². The van der Waals surface area contributed by atoms with Crippen LogP contribution in [0.1, 0.15) is 33.2 Å². The van der Waals surface area contributed by atoms with Crippen molar-refractivity contribution in [3.63, 3.8) is 0 Å². The van der Waals surface area contributed by atoms with Crippen molar-refractivity contribution in [2.45, 2.75) is 19.4 Å². The summed E-state index contributed by atoms with van der Waals surface area (Å²) in [7, 11) is 0. The highest BCUT2D eigenvalue weighted by molar-refractivity contribution is 9.10. The number of carboxylic acid groups (broad SMARTS) is 1. The zero-order chi connectivity index (χ0) is 16.7. The average Bonchev–Trinajstić information content (AvgIpc) is 3.00. The molecule has 0 aliphatic carbocycles. The molecule has 0 saturated heterocycles. The first-order chi connectivity index (χ1) is 10.9. The number of hydrogen-bond donors (Lipinski definition) is 1. The van der Waals surface area contributed by atoms with Crippen molar-refractivity contribution in [2.24, 2.45) is 0 Å². The standard InChI is InChI=1S/C16H12BrNO4S/c1-8-6-11-13(16(20)21)12(23-22)7-18(11)14(8)15(19)9-2-4-10(17)5-3-9/h2-6,13H,7H2,1H3,(H,20,21). The number of carbonyl (C=O) groups is 2. The Morgan fingerprint density at radius 2 is 1.96 bits per heavy atom. The molecule has 1 unspecified atom stereocenters. The van der Waals surface area contributed by atoms with Crippen LogP contribution in [0.4, 0.5) is 0 Å². The molecule has 1 aromatic heterocycles. The second-order valence-electron chi connectivity index (χ2n) is 5.34. The molecule has 1 atom stereocenters. The summed E-state index contributed by atoms with van der Waals surface area (Å²) in [6.45, 7) is 1.94. The minimum absolute atomic E-state index is 0.159. The van der Waals surface area contributed by atoms with Gasteiger partial charge in [0.25, 0.3) is 0 Å². The van der Waals surface area contributed by atoms with Gasteiger partial charge in [-0.2, -0.15) is 0 Å². The number of aryl methyl sites for hydroxylation is 1. The lowest BCUT2D eigenvalue weighted by molar-refractivity contribution is -0.137. The third-order valence-electron chi connectivity index (χ3n) is 3.93. The van der Waals surface area contributed by atoms with Gasteiger partial charge in [-0.1, -0.05) is 15.9 Å². The molecule has 1 aliphatic heterocycles. The Labute approximate surface area is 144 Å².